The minimum atomic E-state index is 0.691. The van der Waals surface area contributed by atoms with E-state index in [1.54, 1.807) is 7.11 Å². The minimum Gasteiger partial charge on any atom is -0.496 e. The van der Waals surface area contributed by atoms with Crippen LogP contribution in [-0.4, -0.2) is 32.2 Å². The van der Waals surface area contributed by atoms with E-state index in [9.17, 15) is 0 Å². The number of nitrogens with one attached hydrogen (secondary N) is 1. The van der Waals surface area contributed by atoms with Crippen molar-refractivity contribution in [1.29, 1.82) is 0 Å². The van der Waals surface area contributed by atoms with Crippen molar-refractivity contribution < 1.29 is 9.26 Å². The largest absolute Gasteiger partial charge is 0.496 e. The van der Waals surface area contributed by atoms with Gasteiger partial charge >= 0.3 is 0 Å². The van der Waals surface area contributed by atoms with Gasteiger partial charge in [0.25, 0.3) is 0 Å². The first-order chi connectivity index (χ1) is 16.1. The summed E-state index contributed by atoms with van der Waals surface area (Å²) in [4.78, 5) is 17.7. The van der Waals surface area contributed by atoms with Crippen LogP contribution >= 0.6 is 0 Å². The highest BCUT2D eigenvalue weighted by molar-refractivity contribution is 6.18. The highest BCUT2D eigenvalue weighted by Gasteiger charge is 2.23. The molecule has 0 atom stereocenters. The maximum atomic E-state index is 5.75. The van der Waals surface area contributed by atoms with Crippen LogP contribution in [0, 0.1) is 20.8 Å². The summed E-state index contributed by atoms with van der Waals surface area (Å²) in [6.07, 6.45) is 1.83. The molecule has 0 unspecified atom stereocenters. The van der Waals surface area contributed by atoms with Gasteiger partial charge in [0, 0.05) is 22.5 Å². The van der Waals surface area contributed by atoms with Crippen LogP contribution in [-0.2, 0) is 0 Å². The maximum Gasteiger partial charge on any atom is 0.142 e. The number of hydrogen-bond acceptors (Lipinski definition) is 6. The summed E-state index contributed by atoms with van der Waals surface area (Å²) in [6.45, 7) is 5.76. The zero-order chi connectivity index (χ0) is 22.7. The first kappa shape index (κ1) is 19.4. The highest BCUT2D eigenvalue weighted by Crippen LogP contribution is 2.44. The topological polar surface area (TPSA) is 89.7 Å². The Kier molecular flexibility index (Phi) is 4.20. The van der Waals surface area contributed by atoms with Crippen LogP contribution in [0.15, 0.2) is 53.2 Å². The Morgan fingerprint density at radius 3 is 2.55 bits per heavy atom. The molecule has 0 saturated carbocycles. The zero-order valence-corrected chi connectivity index (χ0v) is 18.7. The molecule has 2 aromatic carbocycles. The highest BCUT2D eigenvalue weighted by atomic mass is 16.5. The second-order valence-electron chi connectivity index (χ2n) is 8.11. The van der Waals surface area contributed by atoms with Gasteiger partial charge in [0.2, 0.25) is 0 Å². The third-order valence-electron chi connectivity index (χ3n) is 6.11. The third kappa shape index (κ3) is 2.82. The van der Waals surface area contributed by atoms with Crippen LogP contribution in [0.25, 0.3) is 55.2 Å². The van der Waals surface area contributed by atoms with E-state index in [0.717, 1.165) is 72.4 Å². The van der Waals surface area contributed by atoms with Gasteiger partial charge < -0.3 is 14.2 Å². The molecule has 0 bridgehead atoms. The van der Waals surface area contributed by atoms with E-state index in [-0.39, 0.29) is 0 Å². The number of methoxy groups -OCH3 is 1. The van der Waals surface area contributed by atoms with Gasteiger partial charge in [-0.3, -0.25) is 4.98 Å². The van der Waals surface area contributed by atoms with Gasteiger partial charge in [-0.05, 0) is 45.0 Å². The summed E-state index contributed by atoms with van der Waals surface area (Å²) in [5.74, 6) is 2.17. The van der Waals surface area contributed by atoms with Gasteiger partial charge in [-0.2, -0.15) is 0 Å². The second-order valence-corrected chi connectivity index (χ2v) is 8.11. The molecule has 0 aliphatic heterocycles. The van der Waals surface area contributed by atoms with Gasteiger partial charge in [-0.1, -0.05) is 23.4 Å². The Balaban J connectivity index is 1.77. The van der Waals surface area contributed by atoms with Crippen molar-refractivity contribution in [3.8, 4) is 28.1 Å². The number of pyridine rings is 1. The molecule has 4 heterocycles. The number of benzene rings is 2. The molecule has 0 aliphatic rings. The number of para-hydroxylation sites is 1. The molecular weight excluding hydrogens is 414 g/mol. The van der Waals surface area contributed by atoms with Crippen molar-refractivity contribution in [3.63, 3.8) is 0 Å². The van der Waals surface area contributed by atoms with Crippen LogP contribution in [0.5, 0.6) is 5.75 Å². The average molecular weight is 435 g/mol. The number of fused-ring (bicyclic) bond motifs is 4. The molecule has 0 spiro atoms. The summed E-state index contributed by atoms with van der Waals surface area (Å²) in [6, 6.07) is 14.2. The van der Waals surface area contributed by atoms with Crippen LogP contribution in [0.1, 0.15) is 17.3 Å². The minimum absolute atomic E-state index is 0.691. The molecule has 0 amide bonds. The fraction of sp³-hybridized carbons (Fsp3) is 0.154. The van der Waals surface area contributed by atoms with E-state index in [0.29, 0.717) is 5.82 Å². The fourth-order valence-electron chi connectivity index (χ4n) is 4.71. The summed E-state index contributed by atoms with van der Waals surface area (Å²) < 4.78 is 11.2. The first-order valence-electron chi connectivity index (χ1n) is 10.7. The fourth-order valence-corrected chi connectivity index (χ4v) is 4.71. The SMILES string of the molecule is COc1ccc2c([nH]c3nc(C)nc(-c4ccnc5ccccc45)c32)c1-c1c(C)noc1C. The summed E-state index contributed by atoms with van der Waals surface area (Å²) in [5, 5.41) is 7.18. The number of rotatable bonds is 3. The van der Waals surface area contributed by atoms with Crippen molar-refractivity contribution in [3.05, 3.63) is 65.9 Å². The zero-order valence-electron chi connectivity index (χ0n) is 18.7. The van der Waals surface area contributed by atoms with E-state index < -0.39 is 0 Å². The van der Waals surface area contributed by atoms with Gasteiger partial charge in [-0.25, -0.2) is 9.97 Å². The Morgan fingerprint density at radius 1 is 0.909 bits per heavy atom. The third-order valence-corrected chi connectivity index (χ3v) is 6.11. The lowest BCUT2D eigenvalue weighted by molar-refractivity contribution is 0.393. The Morgan fingerprint density at radius 2 is 1.76 bits per heavy atom. The molecule has 7 nitrogen and oxygen atoms in total. The molecule has 0 aliphatic carbocycles. The predicted octanol–water partition coefficient (Wildman–Crippen LogP) is 5.92. The number of H-pyrrole nitrogens is 1. The number of aryl methyl sites for hydroxylation is 3. The molecule has 1 N–H and O–H groups in total. The van der Waals surface area contributed by atoms with E-state index in [2.05, 4.69) is 27.3 Å². The molecule has 0 fully saturated rings. The lowest BCUT2D eigenvalue weighted by atomic mass is 9.98. The van der Waals surface area contributed by atoms with Gasteiger partial charge in [0.1, 0.15) is 23.0 Å². The number of ether oxygens (including phenoxy) is 1. The maximum absolute atomic E-state index is 5.75. The van der Waals surface area contributed by atoms with E-state index in [1.807, 2.05) is 57.3 Å². The lowest BCUT2D eigenvalue weighted by Crippen LogP contribution is -1.94. The molecule has 0 saturated heterocycles. The van der Waals surface area contributed by atoms with Crippen molar-refractivity contribution >= 4 is 32.8 Å². The first-order valence-corrected chi connectivity index (χ1v) is 10.7. The van der Waals surface area contributed by atoms with E-state index in [1.165, 1.54) is 0 Å². The van der Waals surface area contributed by atoms with Crippen molar-refractivity contribution in [2.75, 3.05) is 7.11 Å². The molecule has 162 valence electrons. The number of aromatic nitrogens is 5. The Bertz CT molecular complexity index is 1670. The van der Waals surface area contributed by atoms with Gasteiger partial charge in [0.05, 0.1) is 46.0 Å². The lowest BCUT2D eigenvalue weighted by Gasteiger charge is -2.10. The number of hydrogen-bond donors (Lipinski definition) is 1. The monoisotopic (exact) mass is 435 g/mol. The van der Waals surface area contributed by atoms with Crippen LogP contribution in [0.2, 0.25) is 0 Å². The van der Waals surface area contributed by atoms with Crippen molar-refractivity contribution in [2.45, 2.75) is 20.8 Å². The van der Waals surface area contributed by atoms with Crippen molar-refractivity contribution in [1.82, 2.24) is 25.1 Å². The normalized spacial score (nSPS) is 11.6. The summed E-state index contributed by atoms with van der Waals surface area (Å²) in [7, 11) is 1.67. The van der Waals surface area contributed by atoms with Crippen LogP contribution < -0.4 is 4.74 Å². The number of nitrogens with zero attached hydrogens (tertiary/aromatic N) is 4. The Labute approximate surface area is 189 Å². The molecule has 6 rings (SSSR count). The summed E-state index contributed by atoms with van der Waals surface area (Å²) >= 11 is 0. The summed E-state index contributed by atoms with van der Waals surface area (Å²) in [5.41, 5.74) is 7.14. The number of aromatic amines is 1. The van der Waals surface area contributed by atoms with E-state index in [4.69, 9.17) is 19.2 Å². The Hall–Kier alpha value is -4.26. The molecular formula is C26H21N5O2. The predicted molar refractivity (Wildman–Crippen MR) is 128 cm³/mol. The van der Waals surface area contributed by atoms with Gasteiger partial charge in [-0.15, -0.1) is 0 Å². The molecule has 4 aromatic heterocycles. The molecule has 33 heavy (non-hydrogen) atoms. The van der Waals surface area contributed by atoms with Crippen molar-refractivity contribution in [2.24, 2.45) is 0 Å². The second kappa shape index (κ2) is 7.13. The van der Waals surface area contributed by atoms with E-state index >= 15 is 0 Å². The standard InChI is InChI=1S/C26H21N5O2/c1-13-21(14(2)33-31-13)23-20(32-4)10-9-18-22-24(28-15(3)29-26(22)30-25(18)23)17-11-12-27-19-8-6-5-7-16(17)19/h5-12H,1-4H3,(H,28,29,30). The average Bonchev–Trinajstić information content (AvgIpc) is 3.36. The van der Waals surface area contributed by atoms with Crippen LogP contribution in [0.4, 0.5) is 0 Å². The quantitative estimate of drug-likeness (QED) is 0.371. The molecule has 7 heteroatoms. The molecule has 6 aromatic rings. The molecule has 0 radical (unpaired) electrons. The van der Waals surface area contributed by atoms with Crippen LogP contribution in [0.3, 0.4) is 0 Å². The van der Waals surface area contributed by atoms with Gasteiger partial charge in [0.15, 0.2) is 0 Å². The smallest absolute Gasteiger partial charge is 0.142 e.